The molecule has 0 aliphatic rings. The molecular weight excluding hydrogens is 286 g/mol. The van der Waals surface area contributed by atoms with Gasteiger partial charge in [-0.1, -0.05) is 20.8 Å². The second-order valence-electron chi connectivity index (χ2n) is 5.87. The average Bonchev–Trinajstić information content (AvgIpc) is 2.99. The molecule has 2 aromatic heterocycles. The summed E-state index contributed by atoms with van der Waals surface area (Å²) in [7, 11) is 1.63. The molecule has 0 aliphatic carbocycles. The van der Waals surface area contributed by atoms with Crippen molar-refractivity contribution in [3.63, 3.8) is 0 Å². The fourth-order valence-corrected chi connectivity index (χ4v) is 1.90. The van der Waals surface area contributed by atoms with E-state index in [0.717, 1.165) is 5.69 Å². The van der Waals surface area contributed by atoms with Crippen molar-refractivity contribution in [2.24, 2.45) is 17.3 Å². The van der Waals surface area contributed by atoms with Crippen LogP contribution in [-0.2, 0) is 12.5 Å². The average molecular weight is 305 g/mol. The summed E-state index contributed by atoms with van der Waals surface area (Å²) in [6, 6.07) is 0. The number of nitrogens with zero attached hydrogens (tertiary/aromatic N) is 5. The molecule has 9 nitrogen and oxygen atoms in total. The van der Waals surface area contributed by atoms with Gasteiger partial charge in [0.05, 0.1) is 17.5 Å². The largest absolute Gasteiger partial charge is 0.388 e. The van der Waals surface area contributed by atoms with Crippen molar-refractivity contribution in [3.05, 3.63) is 17.5 Å². The van der Waals surface area contributed by atoms with E-state index in [4.69, 9.17) is 10.8 Å². The smallest absolute Gasteiger partial charge is 0.193 e. The number of rotatable bonds is 4. The van der Waals surface area contributed by atoms with E-state index in [9.17, 15) is 4.79 Å². The number of aromatic amines is 1. The molecule has 0 fully saturated rings. The van der Waals surface area contributed by atoms with E-state index in [1.165, 1.54) is 10.9 Å². The van der Waals surface area contributed by atoms with E-state index in [0.29, 0.717) is 5.69 Å². The van der Waals surface area contributed by atoms with Gasteiger partial charge in [-0.2, -0.15) is 10.2 Å². The molecule has 0 radical (unpaired) electrons. The van der Waals surface area contributed by atoms with Gasteiger partial charge >= 0.3 is 0 Å². The van der Waals surface area contributed by atoms with E-state index in [1.54, 1.807) is 7.05 Å². The van der Waals surface area contributed by atoms with Crippen LogP contribution in [0.3, 0.4) is 0 Å². The summed E-state index contributed by atoms with van der Waals surface area (Å²) < 4.78 is 1.40. The number of H-pyrrole nitrogens is 1. The maximum Gasteiger partial charge on any atom is 0.193 e. The molecule has 0 saturated heterocycles. The zero-order valence-electron chi connectivity index (χ0n) is 13.0. The van der Waals surface area contributed by atoms with E-state index in [2.05, 4.69) is 25.5 Å². The number of azo groups is 1. The first-order valence-electron chi connectivity index (χ1n) is 6.67. The normalized spacial score (nSPS) is 12.2. The van der Waals surface area contributed by atoms with Crippen molar-refractivity contribution in [1.82, 2.24) is 20.0 Å². The van der Waals surface area contributed by atoms with Crippen LogP contribution in [0.25, 0.3) is 0 Å². The number of aliphatic hydroxyl groups is 1. The van der Waals surface area contributed by atoms with Crippen LogP contribution >= 0.6 is 0 Å². The van der Waals surface area contributed by atoms with Crippen molar-refractivity contribution in [2.45, 2.75) is 26.2 Å². The summed E-state index contributed by atoms with van der Waals surface area (Å²) in [5.74, 6) is 0.00338. The quantitative estimate of drug-likeness (QED) is 0.582. The van der Waals surface area contributed by atoms with Gasteiger partial charge in [0.25, 0.3) is 0 Å². The highest BCUT2D eigenvalue weighted by Gasteiger charge is 2.23. The number of nitrogen functional groups attached to an aromatic ring is 1. The van der Waals surface area contributed by atoms with Gasteiger partial charge in [0.1, 0.15) is 6.61 Å². The summed E-state index contributed by atoms with van der Waals surface area (Å²) in [5.41, 5.74) is 6.94. The Kier molecular flexibility index (Phi) is 4.09. The number of aromatic nitrogens is 4. The number of carbonyl (C=O) groups excluding carboxylic acids is 1. The number of anilines is 1. The lowest BCUT2D eigenvalue weighted by Gasteiger charge is -2.16. The highest BCUT2D eigenvalue weighted by atomic mass is 16.3. The van der Waals surface area contributed by atoms with Crippen LogP contribution in [0.1, 0.15) is 36.8 Å². The number of ketones is 1. The molecule has 2 heterocycles. The standard InChI is InChI=1S/C13H19N7O2/c1-13(2,3)10-9(11(14)18-17-10)16-19-12-7(8(22)6-21)5-15-20(12)4/h5,21H,6H2,1-4H3,(H3,14,17,18). The summed E-state index contributed by atoms with van der Waals surface area (Å²) in [5, 5.41) is 27.9. The number of nitrogens with two attached hydrogens (primary N) is 1. The first-order valence-corrected chi connectivity index (χ1v) is 6.67. The van der Waals surface area contributed by atoms with Crippen LogP contribution in [0.5, 0.6) is 0 Å². The lowest BCUT2D eigenvalue weighted by molar-refractivity contribution is 0.0904. The maximum absolute atomic E-state index is 11.7. The minimum Gasteiger partial charge on any atom is -0.388 e. The molecule has 0 aromatic carbocycles. The first-order chi connectivity index (χ1) is 10.3. The molecule has 4 N–H and O–H groups in total. The fraction of sp³-hybridized carbons (Fsp3) is 0.462. The van der Waals surface area contributed by atoms with E-state index in [-0.39, 0.29) is 22.6 Å². The molecule has 0 unspecified atom stereocenters. The fourth-order valence-electron chi connectivity index (χ4n) is 1.90. The van der Waals surface area contributed by atoms with Crippen molar-refractivity contribution < 1.29 is 9.90 Å². The van der Waals surface area contributed by atoms with E-state index in [1.807, 2.05) is 20.8 Å². The molecule has 0 bridgehead atoms. The Morgan fingerprint density at radius 2 is 2.14 bits per heavy atom. The number of hydrogen-bond acceptors (Lipinski definition) is 7. The highest BCUT2D eigenvalue weighted by Crippen LogP contribution is 2.35. The highest BCUT2D eigenvalue weighted by molar-refractivity contribution is 6.00. The Balaban J connectivity index is 2.45. The molecule has 2 aromatic rings. The Morgan fingerprint density at radius 3 is 2.73 bits per heavy atom. The Labute approximate surface area is 127 Å². The molecular formula is C13H19N7O2. The molecule has 22 heavy (non-hydrogen) atoms. The monoisotopic (exact) mass is 305 g/mol. The molecule has 0 aliphatic heterocycles. The summed E-state index contributed by atoms with van der Waals surface area (Å²) in [6.45, 7) is 5.35. The van der Waals surface area contributed by atoms with Gasteiger partial charge < -0.3 is 10.8 Å². The number of aliphatic hydroxyl groups excluding tert-OH is 1. The zero-order chi connectivity index (χ0) is 16.5. The number of nitrogens with one attached hydrogen (secondary N) is 1. The Hall–Kier alpha value is -2.55. The van der Waals surface area contributed by atoms with Gasteiger partial charge in [0.2, 0.25) is 0 Å². The topological polar surface area (TPSA) is 135 Å². The van der Waals surface area contributed by atoms with Crippen molar-refractivity contribution in [1.29, 1.82) is 0 Å². The molecule has 2 rings (SSSR count). The van der Waals surface area contributed by atoms with Gasteiger partial charge in [-0.05, 0) is 0 Å². The molecule has 0 amide bonds. The minimum atomic E-state index is -0.616. The Bertz CT molecular complexity index is 721. The van der Waals surface area contributed by atoms with E-state index < -0.39 is 12.4 Å². The van der Waals surface area contributed by atoms with Crippen LogP contribution in [0.4, 0.5) is 17.3 Å². The molecule has 0 atom stereocenters. The number of carbonyl (C=O) groups is 1. The third-order valence-electron chi connectivity index (χ3n) is 3.11. The minimum absolute atomic E-state index is 0.202. The predicted molar refractivity (Wildman–Crippen MR) is 80.5 cm³/mol. The molecule has 0 saturated carbocycles. The van der Waals surface area contributed by atoms with Gasteiger partial charge in [-0.25, -0.2) is 4.68 Å². The third kappa shape index (κ3) is 2.89. The first kappa shape index (κ1) is 15.8. The lowest BCUT2D eigenvalue weighted by Crippen LogP contribution is -2.11. The van der Waals surface area contributed by atoms with Gasteiger partial charge in [-0.15, -0.1) is 10.2 Å². The lowest BCUT2D eigenvalue weighted by atomic mass is 9.91. The maximum atomic E-state index is 11.7. The Morgan fingerprint density at radius 1 is 1.45 bits per heavy atom. The van der Waals surface area contributed by atoms with Gasteiger partial charge in [-0.3, -0.25) is 9.89 Å². The predicted octanol–water partition coefficient (Wildman–Crippen LogP) is 1.61. The second kappa shape index (κ2) is 5.68. The van der Waals surface area contributed by atoms with Gasteiger partial charge in [0.15, 0.2) is 23.1 Å². The number of Topliss-reactive ketones (excluding diaryl/α,β-unsaturated/α-hetero) is 1. The second-order valence-corrected chi connectivity index (χ2v) is 5.87. The van der Waals surface area contributed by atoms with Crippen LogP contribution < -0.4 is 5.73 Å². The van der Waals surface area contributed by atoms with Crippen LogP contribution in [0.2, 0.25) is 0 Å². The van der Waals surface area contributed by atoms with Gasteiger partial charge in [0, 0.05) is 12.5 Å². The number of aryl methyl sites for hydroxylation is 1. The van der Waals surface area contributed by atoms with E-state index >= 15 is 0 Å². The molecule has 118 valence electrons. The van der Waals surface area contributed by atoms with Crippen molar-refractivity contribution >= 4 is 23.1 Å². The van der Waals surface area contributed by atoms with Crippen LogP contribution in [0.15, 0.2) is 16.4 Å². The van der Waals surface area contributed by atoms with Crippen molar-refractivity contribution in [3.8, 4) is 0 Å². The summed E-state index contributed by atoms with van der Waals surface area (Å²) in [6.07, 6.45) is 1.34. The molecule has 9 heteroatoms. The third-order valence-corrected chi connectivity index (χ3v) is 3.11. The molecule has 0 spiro atoms. The van der Waals surface area contributed by atoms with Crippen LogP contribution in [-0.4, -0.2) is 37.5 Å². The zero-order valence-corrected chi connectivity index (χ0v) is 13.0. The summed E-state index contributed by atoms with van der Waals surface area (Å²) in [4.78, 5) is 11.7. The summed E-state index contributed by atoms with van der Waals surface area (Å²) >= 11 is 0. The van der Waals surface area contributed by atoms with Crippen molar-refractivity contribution in [2.75, 3.05) is 12.3 Å². The number of hydrogen-bond donors (Lipinski definition) is 3. The SMILES string of the molecule is Cn1ncc(C(=O)CO)c1N=Nc1c(N)n[nH]c1C(C)(C)C. The van der Waals surface area contributed by atoms with Crippen LogP contribution in [0, 0.1) is 0 Å².